The van der Waals surface area contributed by atoms with Crippen molar-refractivity contribution in [3.05, 3.63) is 186 Å². The van der Waals surface area contributed by atoms with Crippen molar-refractivity contribution in [2.75, 3.05) is 4.90 Å². The second-order valence-corrected chi connectivity index (χ2v) is 17.4. The molecule has 60 heavy (non-hydrogen) atoms. The van der Waals surface area contributed by atoms with Crippen LogP contribution in [0, 0.1) is 12.4 Å². The van der Waals surface area contributed by atoms with Crippen LogP contribution >= 0.6 is 0 Å². The van der Waals surface area contributed by atoms with E-state index in [2.05, 4.69) is 227 Å². The first kappa shape index (κ1) is 41.4. The van der Waals surface area contributed by atoms with E-state index in [9.17, 15) is 0 Å². The molecule has 0 N–H and O–H groups in total. The molecule has 2 aliphatic heterocycles. The summed E-state index contributed by atoms with van der Waals surface area (Å²) in [5.41, 5.74) is 21.0. The molecule has 0 bridgehead atoms. The van der Waals surface area contributed by atoms with Gasteiger partial charge in [-0.3, -0.25) is 9.13 Å². The Hall–Kier alpha value is -5.38. The average molecular weight is 964 g/mol. The minimum Gasteiger partial charge on any atom is -0.312 e. The largest absolute Gasteiger partial charge is 0.312 e. The third-order valence-corrected chi connectivity index (χ3v) is 12.3. The Morgan fingerprint density at radius 2 is 1.08 bits per heavy atom. The second-order valence-electron chi connectivity index (χ2n) is 17.4. The van der Waals surface area contributed by atoms with Crippen molar-refractivity contribution in [1.29, 1.82) is 0 Å². The molecule has 2 aliphatic rings. The van der Waals surface area contributed by atoms with Crippen LogP contribution in [0.5, 0.6) is 0 Å². The number of fused-ring (bicyclic) bond motifs is 6. The van der Waals surface area contributed by atoms with Gasteiger partial charge in [0.05, 0.1) is 22.4 Å². The maximum Gasteiger partial charge on any atom is 0.269 e. The minimum atomic E-state index is 0. The summed E-state index contributed by atoms with van der Waals surface area (Å²) in [6, 6.07) is 58.1. The summed E-state index contributed by atoms with van der Waals surface area (Å²) in [6.45, 7) is 18.6. The van der Waals surface area contributed by atoms with Crippen LogP contribution in [0.3, 0.4) is 0 Å². The summed E-state index contributed by atoms with van der Waals surface area (Å²) < 4.78 is 4.64. The van der Waals surface area contributed by atoms with Gasteiger partial charge in [0.2, 0.25) is 6.71 Å². The molecule has 10 rings (SSSR count). The molecule has 3 heterocycles. The van der Waals surface area contributed by atoms with Crippen molar-refractivity contribution in [3.8, 4) is 22.5 Å². The summed E-state index contributed by atoms with van der Waals surface area (Å²) in [5, 5.41) is 0. The van der Waals surface area contributed by atoms with Crippen LogP contribution < -0.4 is 25.9 Å². The van der Waals surface area contributed by atoms with E-state index in [0.29, 0.717) is 30.4 Å². The van der Waals surface area contributed by atoms with Crippen molar-refractivity contribution in [1.82, 2.24) is 4.57 Å². The topological polar surface area (TPSA) is 12.0 Å². The third-order valence-electron chi connectivity index (χ3n) is 12.3. The van der Waals surface area contributed by atoms with Crippen molar-refractivity contribution in [2.24, 2.45) is 0 Å². The van der Waals surface area contributed by atoms with Gasteiger partial charge < -0.3 is 4.90 Å². The van der Waals surface area contributed by atoms with E-state index in [1.807, 2.05) is 6.07 Å². The summed E-state index contributed by atoms with van der Waals surface area (Å²) in [4.78, 5) is 2.40. The predicted molar refractivity (Wildman–Crippen MR) is 250 cm³/mol. The third kappa shape index (κ3) is 6.99. The summed E-state index contributed by atoms with van der Waals surface area (Å²) in [5.74, 6) is 1.71. The van der Waals surface area contributed by atoms with Crippen molar-refractivity contribution in [3.63, 3.8) is 0 Å². The van der Waals surface area contributed by atoms with Gasteiger partial charge in [-0.2, -0.15) is 29.7 Å². The second kappa shape index (κ2) is 16.9. The smallest absolute Gasteiger partial charge is 0.269 e. The van der Waals surface area contributed by atoms with E-state index in [-0.39, 0.29) is 22.4 Å². The molecular formula is C55H53AuBN3-. The number of imidazole rings is 1. The number of rotatable bonds is 7. The van der Waals surface area contributed by atoms with Crippen LogP contribution in [0.2, 0.25) is 0 Å². The van der Waals surface area contributed by atoms with Gasteiger partial charge in [-0.15, -0.1) is 5.56 Å². The van der Waals surface area contributed by atoms with Crippen LogP contribution in [-0.4, -0.2) is 11.3 Å². The maximum absolute atomic E-state index is 3.84. The molecule has 3 nitrogen and oxygen atoms in total. The minimum absolute atomic E-state index is 0. The van der Waals surface area contributed by atoms with Gasteiger partial charge in [-0.1, -0.05) is 176 Å². The number of para-hydroxylation sites is 6. The average Bonchev–Trinajstić information content (AvgIpc) is 3.81. The molecule has 1 radical (unpaired) electrons. The summed E-state index contributed by atoms with van der Waals surface area (Å²) in [6.07, 6.45) is 3.84. The van der Waals surface area contributed by atoms with Crippen LogP contribution in [0.4, 0.5) is 17.1 Å². The number of aromatic nitrogens is 2. The number of anilines is 3. The van der Waals surface area contributed by atoms with Crippen molar-refractivity contribution >= 4 is 51.2 Å². The fraction of sp³-hybridized carbons (Fsp3) is 0.218. The molecule has 0 saturated heterocycles. The van der Waals surface area contributed by atoms with Crippen LogP contribution in [0.25, 0.3) is 33.5 Å². The molecule has 5 heteroatoms. The quantitative estimate of drug-likeness (QED) is 0.0881. The SMILES string of the molecule is CC(C)c1cccc(C(C)C)c1-n1[c-][n+](-c2c(C(C)C)cccc2C(C)C)c2ccccc21.[Au].[c-]1ccc2c(c1)-c1cccc3c1B2c1ccccc1N3c1ccccc1. The fourth-order valence-corrected chi connectivity index (χ4v) is 9.54. The first-order chi connectivity index (χ1) is 28.7. The van der Waals surface area contributed by atoms with Gasteiger partial charge in [0.1, 0.15) is 0 Å². The van der Waals surface area contributed by atoms with Gasteiger partial charge in [0.15, 0.2) is 0 Å². The molecule has 1 aromatic heterocycles. The Morgan fingerprint density at radius 3 is 1.75 bits per heavy atom. The molecule has 0 unspecified atom stereocenters. The number of nitrogens with zero attached hydrogens (tertiary/aromatic N) is 3. The molecule has 7 aromatic carbocycles. The monoisotopic (exact) mass is 963 g/mol. The summed E-state index contributed by atoms with van der Waals surface area (Å²) in [7, 11) is 0. The van der Waals surface area contributed by atoms with Gasteiger partial charge >= 0.3 is 0 Å². The molecule has 0 atom stereocenters. The van der Waals surface area contributed by atoms with Crippen molar-refractivity contribution in [2.45, 2.75) is 79.1 Å². The normalized spacial score (nSPS) is 12.4. The van der Waals surface area contributed by atoms with E-state index >= 15 is 0 Å². The Balaban J connectivity index is 0.000000167. The molecule has 0 saturated carbocycles. The van der Waals surface area contributed by atoms with E-state index in [4.69, 9.17) is 0 Å². The molecule has 0 aliphatic carbocycles. The molecule has 303 valence electrons. The number of benzene rings is 7. The van der Waals surface area contributed by atoms with Gasteiger partial charge in [-0.25, -0.2) is 0 Å². The van der Waals surface area contributed by atoms with Gasteiger partial charge in [0, 0.05) is 39.4 Å². The van der Waals surface area contributed by atoms with Gasteiger partial charge in [0.25, 0.3) is 6.33 Å². The Morgan fingerprint density at radius 1 is 0.517 bits per heavy atom. The van der Waals surface area contributed by atoms with Crippen LogP contribution in [0.15, 0.2) is 152 Å². The number of hydrogen-bond donors (Lipinski definition) is 0. The van der Waals surface area contributed by atoms with E-state index in [1.54, 1.807) is 0 Å². The fourth-order valence-electron chi connectivity index (χ4n) is 9.54. The number of hydrogen-bond acceptors (Lipinski definition) is 1. The predicted octanol–water partition coefficient (Wildman–Crippen LogP) is 12.0. The maximum atomic E-state index is 3.84. The van der Waals surface area contributed by atoms with Crippen LogP contribution in [0.1, 0.15) is 101 Å². The molecule has 0 fully saturated rings. The Labute approximate surface area is 373 Å². The zero-order valence-corrected chi connectivity index (χ0v) is 38.1. The Bertz CT molecular complexity index is 2650. The molecule has 8 aromatic rings. The first-order valence-corrected chi connectivity index (χ1v) is 21.4. The Kier molecular flexibility index (Phi) is 11.7. The molecule has 0 amide bonds. The van der Waals surface area contributed by atoms with E-state index in [1.165, 1.54) is 89.2 Å². The zero-order valence-electron chi connectivity index (χ0n) is 36.0. The molecular weight excluding hydrogens is 910 g/mol. The standard InChI is InChI=1S/C31H38N2.C24H15BN.Au/c1-20(2)24-13-11-14-25(21(3)4)30(24)32-19-33(29-18-10-9-17-28(29)32)31-26(22(5)6)15-12-16-27(31)23(7)8;1-2-9-17(10-3-1)26-22-15-7-6-14-21(22)25-20-13-5-4-11-18(20)19-12-8-16-23(26)24(19)25;/h9-18,20-23H,1-8H3;1-3,5-16H;/q;-1;. The van der Waals surface area contributed by atoms with Crippen molar-refractivity contribution < 1.29 is 26.9 Å². The van der Waals surface area contributed by atoms with E-state index < -0.39 is 0 Å². The summed E-state index contributed by atoms with van der Waals surface area (Å²) >= 11 is 0. The van der Waals surface area contributed by atoms with E-state index in [0.717, 1.165) is 0 Å². The zero-order chi connectivity index (χ0) is 40.9. The molecule has 0 spiro atoms. The van der Waals surface area contributed by atoms with Crippen LogP contribution in [-0.2, 0) is 22.4 Å². The van der Waals surface area contributed by atoms with Gasteiger partial charge in [-0.05, 0) is 75.7 Å². The first-order valence-electron chi connectivity index (χ1n) is 21.4.